The van der Waals surface area contributed by atoms with Crippen molar-refractivity contribution in [2.75, 3.05) is 0 Å². The van der Waals surface area contributed by atoms with Gasteiger partial charge in [-0.05, 0) is 18.9 Å². The standard InChI is InChI=1S/C14H18N4O2S/c1-9-12(8-15)14(17-16-9)21(19,20)18-13-7-11(13)10-5-3-2-4-6-10/h2-6,11,13,18H,7-8,15H2,1H3,(H,16,17). The molecule has 21 heavy (non-hydrogen) atoms. The Kier molecular flexibility index (Phi) is 3.56. The predicted molar refractivity (Wildman–Crippen MR) is 79.1 cm³/mol. The van der Waals surface area contributed by atoms with Gasteiger partial charge < -0.3 is 5.73 Å². The molecule has 1 aliphatic rings. The Hall–Kier alpha value is -1.70. The van der Waals surface area contributed by atoms with Gasteiger partial charge in [0.1, 0.15) is 0 Å². The van der Waals surface area contributed by atoms with Crippen molar-refractivity contribution in [3.63, 3.8) is 0 Å². The van der Waals surface area contributed by atoms with E-state index in [-0.39, 0.29) is 23.5 Å². The molecule has 0 aliphatic heterocycles. The smallest absolute Gasteiger partial charge is 0.260 e. The van der Waals surface area contributed by atoms with Crippen molar-refractivity contribution in [3.8, 4) is 0 Å². The van der Waals surface area contributed by atoms with Crippen LogP contribution in [0.3, 0.4) is 0 Å². The van der Waals surface area contributed by atoms with Crippen molar-refractivity contribution >= 4 is 10.0 Å². The third-order valence-corrected chi connectivity index (χ3v) is 5.28. The number of nitrogens with zero attached hydrogens (tertiary/aromatic N) is 1. The molecule has 0 amide bonds. The molecule has 2 aromatic rings. The Morgan fingerprint density at radius 1 is 1.38 bits per heavy atom. The molecule has 112 valence electrons. The van der Waals surface area contributed by atoms with E-state index in [1.54, 1.807) is 6.92 Å². The topological polar surface area (TPSA) is 101 Å². The maximum absolute atomic E-state index is 12.4. The molecule has 0 radical (unpaired) electrons. The summed E-state index contributed by atoms with van der Waals surface area (Å²) in [6.07, 6.45) is 0.810. The number of aromatic nitrogens is 2. The van der Waals surface area contributed by atoms with E-state index in [0.29, 0.717) is 11.3 Å². The molecule has 1 aliphatic carbocycles. The lowest BCUT2D eigenvalue weighted by atomic mass is 10.1. The largest absolute Gasteiger partial charge is 0.326 e. The van der Waals surface area contributed by atoms with Crippen LogP contribution in [0.25, 0.3) is 0 Å². The van der Waals surface area contributed by atoms with Crippen molar-refractivity contribution in [1.29, 1.82) is 0 Å². The molecule has 2 atom stereocenters. The van der Waals surface area contributed by atoms with Crippen LogP contribution in [-0.4, -0.2) is 24.7 Å². The van der Waals surface area contributed by atoms with Gasteiger partial charge in [-0.2, -0.15) is 5.10 Å². The molecule has 0 spiro atoms. The lowest BCUT2D eigenvalue weighted by molar-refractivity contribution is 0.574. The zero-order chi connectivity index (χ0) is 15.0. The average Bonchev–Trinajstić information content (AvgIpc) is 3.11. The normalized spacial score (nSPS) is 21.4. The summed E-state index contributed by atoms with van der Waals surface area (Å²) in [6.45, 7) is 1.91. The minimum Gasteiger partial charge on any atom is -0.326 e. The van der Waals surface area contributed by atoms with Crippen molar-refractivity contribution < 1.29 is 8.42 Å². The van der Waals surface area contributed by atoms with E-state index in [9.17, 15) is 8.42 Å². The van der Waals surface area contributed by atoms with Crippen LogP contribution in [0.2, 0.25) is 0 Å². The molecule has 1 saturated carbocycles. The number of aromatic amines is 1. The summed E-state index contributed by atoms with van der Waals surface area (Å²) in [5, 5.41) is 6.58. The first-order valence-corrected chi connectivity index (χ1v) is 8.32. The summed E-state index contributed by atoms with van der Waals surface area (Å²) >= 11 is 0. The van der Waals surface area contributed by atoms with E-state index in [0.717, 1.165) is 12.0 Å². The van der Waals surface area contributed by atoms with Gasteiger partial charge in [-0.25, -0.2) is 13.1 Å². The minimum atomic E-state index is -3.63. The Balaban J connectivity index is 1.76. The lowest BCUT2D eigenvalue weighted by Gasteiger charge is -2.06. The highest BCUT2D eigenvalue weighted by molar-refractivity contribution is 7.89. The van der Waals surface area contributed by atoms with Gasteiger partial charge >= 0.3 is 0 Å². The van der Waals surface area contributed by atoms with Gasteiger partial charge in [0.2, 0.25) is 0 Å². The van der Waals surface area contributed by atoms with Crippen molar-refractivity contribution in [2.24, 2.45) is 5.73 Å². The van der Waals surface area contributed by atoms with E-state index in [4.69, 9.17) is 5.73 Å². The van der Waals surface area contributed by atoms with E-state index < -0.39 is 10.0 Å². The van der Waals surface area contributed by atoms with Gasteiger partial charge in [-0.15, -0.1) is 0 Å². The number of hydrogen-bond acceptors (Lipinski definition) is 4. The highest BCUT2D eigenvalue weighted by Gasteiger charge is 2.42. The summed E-state index contributed by atoms with van der Waals surface area (Å²) in [4.78, 5) is 0. The van der Waals surface area contributed by atoms with Gasteiger partial charge in [0.25, 0.3) is 10.0 Å². The fraction of sp³-hybridized carbons (Fsp3) is 0.357. The van der Waals surface area contributed by atoms with Crippen LogP contribution in [-0.2, 0) is 16.6 Å². The minimum absolute atomic E-state index is 0.0150. The van der Waals surface area contributed by atoms with E-state index in [1.807, 2.05) is 30.3 Å². The number of hydrogen-bond donors (Lipinski definition) is 3. The van der Waals surface area contributed by atoms with Gasteiger partial charge in [0.05, 0.1) is 0 Å². The first-order valence-electron chi connectivity index (χ1n) is 6.84. The second-order valence-corrected chi connectivity index (χ2v) is 6.95. The Bertz CT molecular complexity index is 740. The highest BCUT2D eigenvalue weighted by Crippen LogP contribution is 2.41. The summed E-state index contributed by atoms with van der Waals surface area (Å²) in [7, 11) is -3.63. The van der Waals surface area contributed by atoms with Crippen LogP contribution in [0, 0.1) is 6.92 Å². The van der Waals surface area contributed by atoms with Crippen LogP contribution >= 0.6 is 0 Å². The molecular weight excluding hydrogens is 288 g/mol. The predicted octanol–water partition coefficient (Wildman–Crippen LogP) is 1.01. The van der Waals surface area contributed by atoms with Crippen LogP contribution in [0.1, 0.15) is 29.2 Å². The molecule has 0 saturated heterocycles. The fourth-order valence-electron chi connectivity index (χ4n) is 2.54. The number of nitrogens with one attached hydrogen (secondary N) is 2. The molecule has 3 rings (SSSR count). The van der Waals surface area contributed by atoms with Crippen LogP contribution in [0.15, 0.2) is 35.4 Å². The number of sulfonamides is 1. The molecule has 7 heteroatoms. The first kappa shape index (κ1) is 14.2. The maximum Gasteiger partial charge on any atom is 0.260 e. The second kappa shape index (κ2) is 5.25. The zero-order valence-corrected chi connectivity index (χ0v) is 12.5. The molecule has 6 nitrogen and oxygen atoms in total. The summed E-state index contributed by atoms with van der Waals surface area (Å²) < 4.78 is 27.5. The average molecular weight is 306 g/mol. The molecule has 0 bridgehead atoms. The number of benzene rings is 1. The molecule has 2 unspecified atom stereocenters. The molecule has 1 heterocycles. The van der Waals surface area contributed by atoms with E-state index >= 15 is 0 Å². The SMILES string of the molecule is Cc1[nH]nc(S(=O)(=O)NC2CC2c2ccccc2)c1CN. The molecule has 1 aromatic carbocycles. The number of aryl methyl sites for hydroxylation is 1. The van der Waals surface area contributed by atoms with Crippen LogP contribution in [0.4, 0.5) is 0 Å². The van der Waals surface area contributed by atoms with Crippen molar-refractivity contribution in [1.82, 2.24) is 14.9 Å². The highest BCUT2D eigenvalue weighted by atomic mass is 32.2. The molecule has 1 fully saturated rings. The fourth-order valence-corrected chi connectivity index (χ4v) is 4.04. The van der Waals surface area contributed by atoms with Gasteiger partial charge in [-0.3, -0.25) is 5.10 Å². The zero-order valence-electron chi connectivity index (χ0n) is 11.7. The maximum atomic E-state index is 12.4. The summed E-state index contributed by atoms with van der Waals surface area (Å²) in [5.41, 5.74) is 7.99. The molecule has 4 N–H and O–H groups in total. The third-order valence-electron chi connectivity index (χ3n) is 3.82. The Labute approximate surface area is 123 Å². The van der Waals surface area contributed by atoms with Crippen molar-refractivity contribution in [3.05, 3.63) is 47.2 Å². The molecular formula is C14H18N4O2S. The monoisotopic (exact) mass is 306 g/mol. The second-order valence-electron chi connectivity index (χ2n) is 5.32. The van der Waals surface area contributed by atoms with Crippen LogP contribution < -0.4 is 10.5 Å². The number of H-pyrrole nitrogens is 1. The van der Waals surface area contributed by atoms with Gasteiger partial charge in [-0.1, -0.05) is 30.3 Å². The van der Waals surface area contributed by atoms with Gasteiger partial charge in [0.15, 0.2) is 5.03 Å². The lowest BCUT2D eigenvalue weighted by Crippen LogP contribution is -2.28. The summed E-state index contributed by atoms with van der Waals surface area (Å²) in [6, 6.07) is 9.84. The van der Waals surface area contributed by atoms with Crippen LogP contribution in [0.5, 0.6) is 0 Å². The quantitative estimate of drug-likeness (QED) is 0.767. The first-order chi connectivity index (χ1) is 10.0. The summed E-state index contributed by atoms with van der Waals surface area (Å²) in [5.74, 6) is 0.238. The van der Waals surface area contributed by atoms with Crippen molar-refractivity contribution in [2.45, 2.75) is 36.9 Å². The van der Waals surface area contributed by atoms with E-state index in [1.165, 1.54) is 0 Å². The number of nitrogens with two attached hydrogens (primary N) is 1. The molecule has 1 aromatic heterocycles. The third kappa shape index (κ3) is 2.72. The number of rotatable bonds is 5. The Morgan fingerprint density at radius 2 is 2.10 bits per heavy atom. The van der Waals surface area contributed by atoms with E-state index in [2.05, 4.69) is 14.9 Å². The van der Waals surface area contributed by atoms with Gasteiger partial charge in [0, 0.05) is 29.8 Å². The Morgan fingerprint density at radius 3 is 2.76 bits per heavy atom.